The zero-order chi connectivity index (χ0) is 21.6. The van der Waals surface area contributed by atoms with Crippen LogP contribution in [0.2, 0.25) is 0 Å². The van der Waals surface area contributed by atoms with Gasteiger partial charge in [0.05, 0.1) is 5.25 Å². The zero-order valence-corrected chi connectivity index (χ0v) is 16.6. The van der Waals surface area contributed by atoms with Crippen LogP contribution < -0.4 is 10.6 Å². The van der Waals surface area contributed by atoms with Crippen molar-refractivity contribution in [1.29, 1.82) is 0 Å². The highest BCUT2D eigenvalue weighted by Gasteiger charge is 2.23. The van der Waals surface area contributed by atoms with Gasteiger partial charge in [-0.15, -0.1) is 11.8 Å². The van der Waals surface area contributed by atoms with Gasteiger partial charge in [-0.25, -0.2) is 17.6 Å². The molecule has 1 unspecified atom stereocenters. The number of nitrogens with one attached hydrogen (secondary N) is 2. The van der Waals surface area contributed by atoms with Crippen molar-refractivity contribution in [2.45, 2.75) is 43.3 Å². The van der Waals surface area contributed by atoms with Crippen molar-refractivity contribution in [1.82, 2.24) is 0 Å². The highest BCUT2D eigenvalue weighted by molar-refractivity contribution is 8.00. The summed E-state index contributed by atoms with van der Waals surface area (Å²) in [5, 5.41) is 3.83. The van der Waals surface area contributed by atoms with Crippen LogP contribution in [0.15, 0.2) is 35.2 Å². The summed E-state index contributed by atoms with van der Waals surface area (Å²) in [4.78, 5) is 24.6. The number of anilines is 2. The average molecular weight is 428 g/mol. The Bertz CT molecular complexity index is 865. The van der Waals surface area contributed by atoms with Gasteiger partial charge in [0.1, 0.15) is 5.69 Å². The Labute approximate surface area is 170 Å². The Kier molecular flexibility index (Phi) is 8.07. The van der Waals surface area contributed by atoms with Crippen molar-refractivity contribution in [3.8, 4) is 0 Å². The highest BCUT2D eigenvalue weighted by Crippen LogP contribution is 2.28. The molecule has 156 valence electrons. The van der Waals surface area contributed by atoms with Crippen molar-refractivity contribution in [3.05, 3.63) is 53.6 Å². The summed E-state index contributed by atoms with van der Waals surface area (Å²) in [6.07, 6.45) is 2.14. The van der Waals surface area contributed by atoms with Gasteiger partial charge in [0.15, 0.2) is 23.3 Å². The van der Waals surface area contributed by atoms with E-state index in [0.29, 0.717) is 17.0 Å². The van der Waals surface area contributed by atoms with E-state index in [4.69, 9.17) is 0 Å². The molecule has 0 aliphatic carbocycles. The number of benzene rings is 2. The molecule has 1 atom stereocenters. The molecule has 0 spiro atoms. The van der Waals surface area contributed by atoms with E-state index in [0.717, 1.165) is 24.6 Å². The second-order valence-electron chi connectivity index (χ2n) is 6.27. The zero-order valence-electron chi connectivity index (χ0n) is 15.8. The highest BCUT2D eigenvalue weighted by atomic mass is 32.2. The van der Waals surface area contributed by atoms with Gasteiger partial charge >= 0.3 is 0 Å². The lowest BCUT2D eigenvalue weighted by Crippen LogP contribution is -2.24. The quantitative estimate of drug-likeness (QED) is 0.332. The fourth-order valence-corrected chi connectivity index (χ4v) is 3.21. The maximum atomic E-state index is 13.7. The van der Waals surface area contributed by atoms with E-state index in [1.807, 2.05) is 12.2 Å². The number of carbonyl (C=O) groups excluding carboxylic acids is 2. The lowest BCUT2D eigenvalue weighted by Gasteiger charge is -2.14. The molecule has 0 aliphatic heterocycles. The maximum Gasteiger partial charge on any atom is 0.237 e. The summed E-state index contributed by atoms with van der Waals surface area (Å²) < 4.78 is 53.9. The van der Waals surface area contributed by atoms with E-state index in [1.165, 1.54) is 6.92 Å². The number of carbonyl (C=O) groups is 2. The molecule has 0 aromatic heterocycles. The van der Waals surface area contributed by atoms with Crippen molar-refractivity contribution in [2.24, 2.45) is 0 Å². The first kappa shape index (κ1) is 22.7. The van der Waals surface area contributed by atoms with E-state index in [2.05, 4.69) is 5.32 Å². The molecule has 2 aromatic carbocycles. The molecule has 0 aliphatic rings. The SMILES string of the molecule is CCCCC(=O)Nc1ccc(SC(C)C(=O)Nc2c(F)c(F)cc(F)c2F)cc1. The molecule has 2 rings (SSSR count). The molecule has 0 saturated carbocycles. The van der Waals surface area contributed by atoms with Crippen LogP contribution in [0.1, 0.15) is 33.1 Å². The minimum absolute atomic E-state index is 0.0705. The minimum Gasteiger partial charge on any atom is -0.326 e. The molecule has 0 heterocycles. The number of amides is 2. The van der Waals surface area contributed by atoms with Gasteiger partial charge in [0.25, 0.3) is 0 Å². The van der Waals surface area contributed by atoms with Gasteiger partial charge in [-0.1, -0.05) is 13.3 Å². The van der Waals surface area contributed by atoms with Gasteiger partial charge in [0.2, 0.25) is 11.8 Å². The molecule has 0 saturated heterocycles. The van der Waals surface area contributed by atoms with Crippen molar-refractivity contribution in [3.63, 3.8) is 0 Å². The molecule has 29 heavy (non-hydrogen) atoms. The maximum absolute atomic E-state index is 13.7. The van der Waals surface area contributed by atoms with Gasteiger partial charge in [-0.2, -0.15) is 0 Å². The van der Waals surface area contributed by atoms with E-state index in [9.17, 15) is 27.2 Å². The third-order valence-corrected chi connectivity index (χ3v) is 5.05. The molecule has 2 aromatic rings. The van der Waals surface area contributed by atoms with Gasteiger partial charge < -0.3 is 10.6 Å². The normalized spacial score (nSPS) is 11.8. The first-order valence-corrected chi connectivity index (χ1v) is 9.81. The number of rotatable bonds is 8. The summed E-state index contributed by atoms with van der Waals surface area (Å²) in [7, 11) is 0. The van der Waals surface area contributed by atoms with Crippen LogP contribution in [0, 0.1) is 23.3 Å². The van der Waals surface area contributed by atoms with Gasteiger partial charge in [0, 0.05) is 23.1 Å². The van der Waals surface area contributed by atoms with Crippen LogP contribution in [0.5, 0.6) is 0 Å². The number of hydrogen-bond acceptors (Lipinski definition) is 3. The van der Waals surface area contributed by atoms with Crippen LogP contribution in [0.25, 0.3) is 0 Å². The summed E-state index contributed by atoms with van der Waals surface area (Å²) in [5.41, 5.74) is -0.558. The molecular formula is C20H20F4N2O2S. The minimum atomic E-state index is -1.67. The Hall–Kier alpha value is -2.55. The molecule has 0 radical (unpaired) electrons. The van der Waals surface area contributed by atoms with Crippen LogP contribution in [0.3, 0.4) is 0 Å². The Morgan fingerprint density at radius 2 is 1.59 bits per heavy atom. The second kappa shape index (κ2) is 10.3. The molecule has 2 amide bonds. The van der Waals surface area contributed by atoms with Crippen LogP contribution in [-0.4, -0.2) is 17.1 Å². The third-order valence-electron chi connectivity index (χ3n) is 3.94. The van der Waals surface area contributed by atoms with Crippen LogP contribution in [0.4, 0.5) is 28.9 Å². The first-order valence-electron chi connectivity index (χ1n) is 8.93. The van der Waals surface area contributed by atoms with E-state index in [-0.39, 0.29) is 12.0 Å². The summed E-state index contributed by atoms with van der Waals surface area (Å²) in [6, 6.07) is 6.75. The lowest BCUT2D eigenvalue weighted by molar-refractivity contribution is -0.116. The van der Waals surface area contributed by atoms with Crippen LogP contribution in [-0.2, 0) is 9.59 Å². The third kappa shape index (κ3) is 6.22. The molecule has 9 heteroatoms. The largest absolute Gasteiger partial charge is 0.326 e. The van der Waals surface area contributed by atoms with E-state index < -0.39 is 40.1 Å². The molecular weight excluding hydrogens is 408 g/mol. The summed E-state index contributed by atoms with van der Waals surface area (Å²) in [6.45, 7) is 3.47. The average Bonchev–Trinajstić information content (AvgIpc) is 2.69. The Morgan fingerprint density at radius 1 is 1.00 bits per heavy atom. The van der Waals surface area contributed by atoms with Crippen LogP contribution >= 0.6 is 11.8 Å². The van der Waals surface area contributed by atoms with E-state index >= 15 is 0 Å². The van der Waals surface area contributed by atoms with Crippen molar-refractivity contribution in [2.75, 3.05) is 10.6 Å². The Morgan fingerprint density at radius 3 is 2.14 bits per heavy atom. The molecule has 0 bridgehead atoms. The topological polar surface area (TPSA) is 58.2 Å². The van der Waals surface area contributed by atoms with Crippen molar-refractivity contribution >= 4 is 35.0 Å². The van der Waals surface area contributed by atoms with E-state index in [1.54, 1.807) is 24.3 Å². The Balaban J connectivity index is 1.99. The smallest absolute Gasteiger partial charge is 0.237 e. The summed E-state index contributed by atoms with van der Waals surface area (Å²) in [5.74, 6) is -7.46. The predicted octanol–water partition coefficient (Wildman–Crippen LogP) is 5.49. The predicted molar refractivity (Wildman–Crippen MR) is 105 cm³/mol. The number of hydrogen-bond donors (Lipinski definition) is 2. The molecule has 4 nitrogen and oxygen atoms in total. The standard InChI is InChI=1S/C20H20F4N2O2S/c1-3-4-5-16(27)25-12-6-8-13(9-7-12)29-11(2)20(28)26-19-17(23)14(21)10-15(22)18(19)24/h6-11H,3-5H2,1-2H3,(H,25,27)(H,26,28). The fraction of sp³-hybridized carbons (Fsp3) is 0.300. The first-order chi connectivity index (χ1) is 13.7. The number of thioether (sulfide) groups is 1. The van der Waals surface area contributed by atoms with Gasteiger partial charge in [-0.05, 0) is 37.6 Å². The molecule has 2 N–H and O–H groups in total. The monoisotopic (exact) mass is 428 g/mol. The lowest BCUT2D eigenvalue weighted by atomic mass is 10.2. The molecule has 0 fully saturated rings. The second-order valence-corrected chi connectivity index (χ2v) is 7.68. The summed E-state index contributed by atoms with van der Waals surface area (Å²) >= 11 is 1.08. The van der Waals surface area contributed by atoms with Gasteiger partial charge in [-0.3, -0.25) is 9.59 Å². The number of halogens is 4. The fourth-order valence-electron chi connectivity index (χ4n) is 2.34. The number of unbranched alkanes of at least 4 members (excludes halogenated alkanes) is 1. The van der Waals surface area contributed by atoms with Crippen molar-refractivity contribution < 1.29 is 27.2 Å².